The summed E-state index contributed by atoms with van der Waals surface area (Å²) in [7, 11) is 3.34. The maximum atomic E-state index is 5.24. The number of ether oxygens (including phenoxy) is 2. The van der Waals surface area contributed by atoms with Gasteiger partial charge in [0.15, 0.2) is 0 Å². The molecule has 0 atom stereocenters. The SMILES string of the molecule is CCCCCCCNc1cc(OC)cc(OC)c1. The number of benzene rings is 1. The van der Waals surface area contributed by atoms with Gasteiger partial charge in [-0.2, -0.15) is 0 Å². The summed E-state index contributed by atoms with van der Waals surface area (Å²) in [5.41, 5.74) is 1.06. The van der Waals surface area contributed by atoms with Crippen LogP contribution in [0.4, 0.5) is 5.69 Å². The predicted octanol–water partition coefficient (Wildman–Crippen LogP) is 4.09. The molecule has 3 heteroatoms. The second kappa shape index (κ2) is 8.67. The van der Waals surface area contributed by atoms with Gasteiger partial charge in [0.05, 0.1) is 14.2 Å². The zero-order valence-corrected chi connectivity index (χ0v) is 11.8. The molecule has 0 aliphatic heterocycles. The van der Waals surface area contributed by atoms with Crippen LogP contribution in [0.2, 0.25) is 0 Å². The van der Waals surface area contributed by atoms with Gasteiger partial charge in [0, 0.05) is 30.4 Å². The van der Waals surface area contributed by atoms with Crippen LogP contribution >= 0.6 is 0 Å². The highest BCUT2D eigenvalue weighted by molar-refractivity contribution is 5.53. The van der Waals surface area contributed by atoms with Crippen LogP contribution in [-0.2, 0) is 0 Å². The van der Waals surface area contributed by atoms with Gasteiger partial charge in [0.2, 0.25) is 0 Å². The first-order valence-electron chi connectivity index (χ1n) is 6.77. The third-order valence-electron chi connectivity index (χ3n) is 2.96. The molecule has 0 heterocycles. The molecule has 0 bridgehead atoms. The summed E-state index contributed by atoms with van der Waals surface area (Å²) in [5.74, 6) is 1.64. The summed E-state index contributed by atoms with van der Waals surface area (Å²) in [6, 6.07) is 5.87. The Balaban J connectivity index is 2.36. The lowest BCUT2D eigenvalue weighted by Gasteiger charge is -2.10. The molecule has 1 aromatic rings. The summed E-state index contributed by atoms with van der Waals surface area (Å²) >= 11 is 0. The first-order chi connectivity index (χ1) is 8.80. The van der Waals surface area contributed by atoms with Gasteiger partial charge < -0.3 is 14.8 Å². The van der Waals surface area contributed by atoms with Crippen LogP contribution < -0.4 is 14.8 Å². The van der Waals surface area contributed by atoms with Crippen LogP contribution in [0.5, 0.6) is 11.5 Å². The monoisotopic (exact) mass is 251 g/mol. The standard InChI is InChI=1S/C15H25NO2/c1-4-5-6-7-8-9-16-13-10-14(17-2)12-15(11-13)18-3/h10-12,16H,4-9H2,1-3H3. The normalized spacial score (nSPS) is 10.2. The van der Waals surface area contributed by atoms with Crippen molar-refractivity contribution in [2.75, 3.05) is 26.1 Å². The molecular weight excluding hydrogens is 226 g/mol. The van der Waals surface area contributed by atoms with Gasteiger partial charge in [-0.15, -0.1) is 0 Å². The van der Waals surface area contributed by atoms with E-state index < -0.39 is 0 Å². The number of anilines is 1. The maximum absolute atomic E-state index is 5.24. The molecule has 0 aliphatic carbocycles. The van der Waals surface area contributed by atoms with E-state index in [1.807, 2.05) is 18.2 Å². The van der Waals surface area contributed by atoms with E-state index in [9.17, 15) is 0 Å². The van der Waals surface area contributed by atoms with Gasteiger partial charge in [-0.3, -0.25) is 0 Å². The largest absolute Gasteiger partial charge is 0.497 e. The minimum Gasteiger partial charge on any atom is -0.497 e. The fourth-order valence-electron chi connectivity index (χ4n) is 1.87. The zero-order valence-electron chi connectivity index (χ0n) is 11.8. The molecule has 0 radical (unpaired) electrons. The summed E-state index contributed by atoms with van der Waals surface area (Å²) < 4.78 is 10.5. The van der Waals surface area contributed by atoms with Gasteiger partial charge in [-0.05, 0) is 6.42 Å². The summed E-state index contributed by atoms with van der Waals surface area (Å²) in [6.45, 7) is 3.24. The Morgan fingerprint density at radius 3 is 2.06 bits per heavy atom. The van der Waals surface area contributed by atoms with Crippen molar-refractivity contribution in [1.29, 1.82) is 0 Å². The van der Waals surface area contributed by atoms with E-state index in [-0.39, 0.29) is 0 Å². The fourth-order valence-corrected chi connectivity index (χ4v) is 1.87. The smallest absolute Gasteiger partial charge is 0.124 e. The Labute approximate surface area is 110 Å². The molecule has 0 saturated carbocycles. The van der Waals surface area contributed by atoms with E-state index in [0.717, 1.165) is 23.7 Å². The molecular formula is C15H25NO2. The van der Waals surface area contributed by atoms with Crippen LogP contribution in [0.3, 0.4) is 0 Å². The number of hydrogen-bond donors (Lipinski definition) is 1. The second-order valence-corrected chi connectivity index (χ2v) is 4.44. The van der Waals surface area contributed by atoms with Gasteiger partial charge in [-0.1, -0.05) is 32.6 Å². The highest BCUT2D eigenvalue weighted by Gasteiger charge is 2.01. The number of nitrogens with one attached hydrogen (secondary N) is 1. The van der Waals surface area contributed by atoms with Crippen molar-refractivity contribution in [3.63, 3.8) is 0 Å². The van der Waals surface area contributed by atoms with E-state index in [1.165, 1.54) is 32.1 Å². The molecule has 1 N–H and O–H groups in total. The summed E-state index contributed by atoms with van der Waals surface area (Å²) in [4.78, 5) is 0. The van der Waals surface area contributed by atoms with Gasteiger partial charge in [0.25, 0.3) is 0 Å². The van der Waals surface area contributed by atoms with Crippen LogP contribution in [0.15, 0.2) is 18.2 Å². The Bertz CT molecular complexity index is 317. The van der Waals surface area contributed by atoms with Crippen molar-refractivity contribution in [1.82, 2.24) is 0 Å². The quantitative estimate of drug-likeness (QED) is 0.671. The lowest BCUT2D eigenvalue weighted by atomic mass is 10.1. The van der Waals surface area contributed by atoms with Crippen LogP contribution in [0.25, 0.3) is 0 Å². The van der Waals surface area contributed by atoms with Crippen LogP contribution in [0.1, 0.15) is 39.0 Å². The number of unbranched alkanes of at least 4 members (excludes halogenated alkanes) is 4. The predicted molar refractivity (Wildman–Crippen MR) is 76.8 cm³/mol. The lowest BCUT2D eigenvalue weighted by molar-refractivity contribution is 0.394. The Kier molecular flexibility index (Phi) is 7.07. The third kappa shape index (κ3) is 5.30. The average Bonchev–Trinajstić information content (AvgIpc) is 2.42. The van der Waals surface area contributed by atoms with E-state index in [0.29, 0.717) is 0 Å². The molecule has 18 heavy (non-hydrogen) atoms. The Hall–Kier alpha value is -1.38. The van der Waals surface area contributed by atoms with E-state index in [1.54, 1.807) is 14.2 Å². The molecule has 3 nitrogen and oxygen atoms in total. The van der Waals surface area contributed by atoms with Crippen molar-refractivity contribution in [3.05, 3.63) is 18.2 Å². The molecule has 0 unspecified atom stereocenters. The first kappa shape index (κ1) is 14.7. The molecule has 0 aliphatic rings. The minimum absolute atomic E-state index is 0.822. The number of rotatable bonds is 9. The molecule has 0 amide bonds. The molecule has 0 fully saturated rings. The average molecular weight is 251 g/mol. The van der Waals surface area contributed by atoms with E-state index in [2.05, 4.69) is 12.2 Å². The molecule has 102 valence electrons. The molecule has 0 saturated heterocycles. The molecule has 1 rings (SSSR count). The van der Waals surface area contributed by atoms with Crippen molar-refractivity contribution in [2.45, 2.75) is 39.0 Å². The Morgan fingerprint density at radius 1 is 0.889 bits per heavy atom. The van der Waals surface area contributed by atoms with Crippen molar-refractivity contribution >= 4 is 5.69 Å². The fraction of sp³-hybridized carbons (Fsp3) is 0.600. The molecule has 0 aromatic heterocycles. The second-order valence-electron chi connectivity index (χ2n) is 4.44. The third-order valence-corrected chi connectivity index (χ3v) is 2.96. The number of methoxy groups -OCH3 is 2. The topological polar surface area (TPSA) is 30.5 Å². The molecule has 1 aromatic carbocycles. The molecule has 0 spiro atoms. The Morgan fingerprint density at radius 2 is 1.50 bits per heavy atom. The summed E-state index contributed by atoms with van der Waals surface area (Å²) in [5, 5.41) is 3.41. The zero-order chi connectivity index (χ0) is 13.2. The van der Waals surface area contributed by atoms with Crippen molar-refractivity contribution in [2.24, 2.45) is 0 Å². The minimum atomic E-state index is 0.822. The van der Waals surface area contributed by atoms with Crippen molar-refractivity contribution in [3.8, 4) is 11.5 Å². The highest BCUT2D eigenvalue weighted by atomic mass is 16.5. The lowest BCUT2D eigenvalue weighted by Crippen LogP contribution is -2.02. The maximum Gasteiger partial charge on any atom is 0.124 e. The van der Waals surface area contributed by atoms with E-state index in [4.69, 9.17) is 9.47 Å². The van der Waals surface area contributed by atoms with Gasteiger partial charge in [-0.25, -0.2) is 0 Å². The van der Waals surface area contributed by atoms with Crippen LogP contribution in [-0.4, -0.2) is 20.8 Å². The van der Waals surface area contributed by atoms with Gasteiger partial charge in [0.1, 0.15) is 11.5 Å². The highest BCUT2D eigenvalue weighted by Crippen LogP contribution is 2.25. The van der Waals surface area contributed by atoms with Gasteiger partial charge >= 0.3 is 0 Å². The van der Waals surface area contributed by atoms with Crippen LogP contribution in [0, 0.1) is 0 Å². The summed E-state index contributed by atoms with van der Waals surface area (Å²) in [6.07, 6.45) is 6.47. The first-order valence-corrected chi connectivity index (χ1v) is 6.77. The number of hydrogen-bond acceptors (Lipinski definition) is 3. The van der Waals surface area contributed by atoms with E-state index >= 15 is 0 Å². The van der Waals surface area contributed by atoms with Crippen molar-refractivity contribution < 1.29 is 9.47 Å².